The standard InChI is InChI=1S/C15H20ClNO4/c1-9(14(19)21-15(2,3)4)17-13(18)11-8-10(16)6-7-12(11)20-5/h6-9H,1-5H3,(H,17,18)/t9-/m1/s1. The molecule has 21 heavy (non-hydrogen) atoms. The summed E-state index contributed by atoms with van der Waals surface area (Å²) in [6.45, 7) is 6.85. The highest BCUT2D eigenvalue weighted by Gasteiger charge is 2.24. The largest absolute Gasteiger partial charge is 0.496 e. The van der Waals surface area contributed by atoms with E-state index < -0.39 is 23.5 Å². The van der Waals surface area contributed by atoms with Crippen LogP contribution >= 0.6 is 11.6 Å². The van der Waals surface area contributed by atoms with Gasteiger partial charge in [-0.05, 0) is 45.9 Å². The molecule has 1 N–H and O–H groups in total. The number of halogens is 1. The highest BCUT2D eigenvalue weighted by molar-refractivity contribution is 6.31. The zero-order valence-electron chi connectivity index (χ0n) is 12.8. The lowest BCUT2D eigenvalue weighted by Gasteiger charge is -2.22. The summed E-state index contributed by atoms with van der Waals surface area (Å²) in [5.74, 6) is -0.571. The van der Waals surface area contributed by atoms with E-state index in [4.69, 9.17) is 21.1 Å². The first-order valence-corrected chi connectivity index (χ1v) is 6.89. The molecule has 0 radical (unpaired) electrons. The smallest absolute Gasteiger partial charge is 0.328 e. The van der Waals surface area contributed by atoms with Crippen molar-refractivity contribution in [2.45, 2.75) is 39.3 Å². The van der Waals surface area contributed by atoms with Crippen molar-refractivity contribution in [2.75, 3.05) is 7.11 Å². The number of carbonyl (C=O) groups excluding carboxylic acids is 2. The van der Waals surface area contributed by atoms with E-state index in [0.29, 0.717) is 10.8 Å². The van der Waals surface area contributed by atoms with Crippen molar-refractivity contribution in [2.24, 2.45) is 0 Å². The highest BCUT2D eigenvalue weighted by atomic mass is 35.5. The van der Waals surface area contributed by atoms with E-state index >= 15 is 0 Å². The van der Waals surface area contributed by atoms with E-state index in [-0.39, 0.29) is 5.56 Å². The van der Waals surface area contributed by atoms with Gasteiger partial charge in [0, 0.05) is 5.02 Å². The average molecular weight is 314 g/mol. The maximum atomic E-state index is 12.2. The number of hydrogen-bond acceptors (Lipinski definition) is 4. The molecular formula is C15H20ClNO4. The number of benzene rings is 1. The Bertz CT molecular complexity index is 537. The molecule has 0 spiro atoms. The molecular weight excluding hydrogens is 294 g/mol. The van der Waals surface area contributed by atoms with Crippen LogP contribution in [0.15, 0.2) is 18.2 Å². The molecule has 0 saturated heterocycles. The lowest BCUT2D eigenvalue weighted by molar-refractivity contribution is -0.156. The molecule has 0 fully saturated rings. The van der Waals surface area contributed by atoms with Crippen LogP contribution in [0.1, 0.15) is 38.1 Å². The number of ether oxygens (including phenoxy) is 2. The van der Waals surface area contributed by atoms with Crippen molar-refractivity contribution < 1.29 is 19.1 Å². The second-order valence-corrected chi connectivity index (χ2v) is 6.01. The minimum absolute atomic E-state index is 0.264. The molecule has 0 aliphatic rings. The van der Waals surface area contributed by atoms with Crippen LogP contribution < -0.4 is 10.1 Å². The maximum Gasteiger partial charge on any atom is 0.328 e. The van der Waals surface area contributed by atoms with Crippen molar-refractivity contribution in [1.82, 2.24) is 5.32 Å². The van der Waals surface area contributed by atoms with Crippen LogP contribution in [0.4, 0.5) is 0 Å². The van der Waals surface area contributed by atoms with Gasteiger partial charge in [-0.15, -0.1) is 0 Å². The van der Waals surface area contributed by atoms with Gasteiger partial charge in [-0.1, -0.05) is 11.6 Å². The van der Waals surface area contributed by atoms with Crippen molar-refractivity contribution in [3.63, 3.8) is 0 Å². The summed E-state index contributed by atoms with van der Waals surface area (Å²) in [5.41, 5.74) is -0.343. The molecule has 6 heteroatoms. The molecule has 0 saturated carbocycles. The minimum Gasteiger partial charge on any atom is -0.496 e. The minimum atomic E-state index is -0.777. The average Bonchev–Trinajstić information content (AvgIpc) is 2.36. The fourth-order valence-electron chi connectivity index (χ4n) is 1.58. The molecule has 116 valence electrons. The second-order valence-electron chi connectivity index (χ2n) is 5.57. The normalized spacial score (nSPS) is 12.5. The maximum absolute atomic E-state index is 12.2. The third-order valence-electron chi connectivity index (χ3n) is 2.51. The molecule has 0 aromatic heterocycles. The van der Waals surface area contributed by atoms with Crippen LogP contribution in [0.25, 0.3) is 0 Å². The van der Waals surface area contributed by atoms with Gasteiger partial charge in [-0.25, -0.2) is 4.79 Å². The Morgan fingerprint density at radius 3 is 2.43 bits per heavy atom. The summed E-state index contributed by atoms with van der Waals surface area (Å²) in [6.07, 6.45) is 0. The molecule has 1 rings (SSSR count). The van der Waals surface area contributed by atoms with Gasteiger partial charge in [0.15, 0.2) is 0 Å². The third kappa shape index (κ3) is 5.27. The highest BCUT2D eigenvalue weighted by Crippen LogP contribution is 2.22. The van der Waals surface area contributed by atoms with Crippen LogP contribution in [0.2, 0.25) is 5.02 Å². The van der Waals surface area contributed by atoms with Crippen LogP contribution in [0.5, 0.6) is 5.75 Å². The van der Waals surface area contributed by atoms with E-state index in [1.165, 1.54) is 13.2 Å². The molecule has 0 aliphatic heterocycles. The van der Waals surface area contributed by atoms with E-state index in [9.17, 15) is 9.59 Å². The SMILES string of the molecule is COc1ccc(Cl)cc1C(=O)N[C@H](C)C(=O)OC(C)(C)C. The van der Waals surface area contributed by atoms with Gasteiger partial charge in [-0.2, -0.15) is 0 Å². The molecule has 0 bridgehead atoms. The van der Waals surface area contributed by atoms with Gasteiger partial charge in [0.2, 0.25) is 0 Å². The number of amides is 1. The lowest BCUT2D eigenvalue weighted by atomic mass is 10.1. The third-order valence-corrected chi connectivity index (χ3v) is 2.75. The predicted molar refractivity (Wildman–Crippen MR) is 80.8 cm³/mol. The van der Waals surface area contributed by atoms with E-state index in [0.717, 1.165) is 0 Å². The number of nitrogens with one attached hydrogen (secondary N) is 1. The summed E-state index contributed by atoms with van der Waals surface area (Å²) in [5, 5.41) is 2.98. The molecule has 1 aromatic carbocycles. The van der Waals surface area contributed by atoms with Crippen molar-refractivity contribution >= 4 is 23.5 Å². The summed E-state index contributed by atoms with van der Waals surface area (Å²) >= 11 is 5.88. The Hall–Kier alpha value is -1.75. The first kappa shape index (κ1) is 17.3. The summed E-state index contributed by atoms with van der Waals surface area (Å²) in [7, 11) is 1.46. The quantitative estimate of drug-likeness (QED) is 0.868. The molecule has 0 heterocycles. The Kier molecular flexibility index (Phi) is 5.61. The van der Waals surface area contributed by atoms with Gasteiger partial charge >= 0.3 is 5.97 Å². The lowest BCUT2D eigenvalue weighted by Crippen LogP contribution is -2.42. The van der Waals surface area contributed by atoms with Crippen LogP contribution in [-0.4, -0.2) is 30.6 Å². The van der Waals surface area contributed by atoms with E-state index in [1.807, 2.05) is 0 Å². The molecule has 0 aliphatic carbocycles. The predicted octanol–water partition coefficient (Wildman–Crippen LogP) is 2.81. The number of esters is 1. The second kappa shape index (κ2) is 6.80. The first-order valence-electron chi connectivity index (χ1n) is 6.51. The number of methoxy groups -OCH3 is 1. The van der Waals surface area contributed by atoms with Crippen molar-refractivity contribution in [3.8, 4) is 5.75 Å². The van der Waals surface area contributed by atoms with Gasteiger partial charge in [0.1, 0.15) is 17.4 Å². The van der Waals surface area contributed by atoms with Gasteiger partial charge in [0.05, 0.1) is 12.7 Å². The number of carbonyl (C=O) groups is 2. The van der Waals surface area contributed by atoms with Crippen LogP contribution in [0, 0.1) is 0 Å². The topological polar surface area (TPSA) is 64.6 Å². The Morgan fingerprint density at radius 1 is 1.29 bits per heavy atom. The zero-order valence-corrected chi connectivity index (χ0v) is 13.6. The van der Waals surface area contributed by atoms with E-state index in [2.05, 4.69) is 5.32 Å². The molecule has 5 nitrogen and oxygen atoms in total. The number of rotatable bonds is 4. The fourth-order valence-corrected chi connectivity index (χ4v) is 1.75. The van der Waals surface area contributed by atoms with Crippen LogP contribution in [0.3, 0.4) is 0 Å². The monoisotopic (exact) mass is 313 g/mol. The Morgan fingerprint density at radius 2 is 1.90 bits per heavy atom. The molecule has 1 aromatic rings. The summed E-state index contributed by atoms with van der Waals surface area (Å²) < 4.78 is 10.3. The first-order chi connectivity index (χ1) is 9.64. The Balaban J connectivity index is 2.81. The zero-order chi connectivity index (χ0) is 16.2. The molecule has 1 amide bonds. The summed E-state index contributed by atoms with van der Waals surface area (Å²) in [6, 6.07) is 3.92. The van der Waals surface area contributed by atoms with Crippen LogP contribution in [-0.2, 0) is 9.53 Å². The van der Waals surface area contributed by atoms with E-state index in [1.54, 1.807) is 39.8 Å². The molecule has 1 atom stereocenters. The van der Waals surface area contributed by atoms with Crippen molar-refractivity contribution in [3.05, 3.63) is 28.8 Å². The number of hydrogen-bond donors (Lipinski definition) is 1. The Labute approximate surface area is 129 Å². The molecule has 0 unspecified atom stereocenters. The fraction of sp³-hybridized carbons (Fsp3) is 0.467. The van der Waals surface area contributed by atoms with Gasteiger partial charge in [-0.3, -0.25) is 4.79 Å². The summed E-state index contributed by atoms with van der Waals surface area (Å²) in [4.78, 5) is 24.1. The van der Waals surface area contributed by atoms with Gasteiger partial charge < -0.3 is 14.8 Å². The van der Waals surface area contributed by atoms with Crippen molar-refractivity contribution in [1.29, 1.82) is 0 Å². The van der Waals surface area contributed by atoms with Gasteiger partial charge in [0.25, 0.3) is 5.91 Å².